The topological polar surface area (TPSA) is 49.8 Å². The predicted octanol–water partition coefficient (Wildman–Crippen LogP) is 4.63. The van der Waals surface area contributed by atoms with E-state index in [-0.39, 0.29) is 5.54 Å². The normalized spacial score (nSPS) is 11.5. The third-order valence-corrected chi connectivity index (χ3v) is 4.40. The van der Waals surface area contributed by atoms with E-state index in [1.807, 2.05) is 0 Å². The molecule has 0 amide bonds. The monoisotopic (exact) mass is 292 g/mol. The lowest BCUT2D eigenvalue weighted by atomic mass is 9.89. The molecule has 0 aromatic carbocycles. The zero-order valence-electron chi connectivity index (χ0n) is 14.4. The minimum absolute atomic E-state index is 0.138. The number of nitrogens with one attached hydrogen (secondary N) is 2. The standard InChI is InChI=1S/C17H32N4/c1-6-11-14-15(18-12-7-2)19-13-20-16(14)21-17(8-3,9-4)10-5/h13H,6-12H2,1-5H3,(H2,18,19,20,21). The first kappa shape index (κ1) is 17.7. The first-order valence-corrected chi connectivity index (χ1v) is 8.52. The summed E-state index contributed by atoms with van der Waals surface area (Å²) in [5.74, 6) is 2.00. The maximum atomic E-state index is 4.53. The van der Waals surface area contributed by atoms with Gasteiger partial charge in [-0.25, -0.2) is 9.97 Å². The fourth-order valence-corrected chi connectivity index (χ4v) is 2.67. The van der Waals surface area contributed by atoms with Gasteiger partial charge in [-0.1, -0.05) is 41.0 Å². The average molecular weight is 292 g/mol. The Balaban J connectivity index is 3.09. The zero-order chi connectivity index (χ0) is 15.7. The molecule has 21 heavy (non-hydrogen) atoms. The molecule has 0 fully saturated rings. The lowest BCUT2D eigenvalue weighted by Gasteiger charge is -2.33. The minimum Gasteiger partial charge on any atom is -0.370 e. The van der Waals surface area contributed by atoms with Crippen LogP contribution in [0.1, 0.15) is 72.3 Å². The molecule has 0 spiro atoms. The summed E-state index contributed by atoms with van der Waals surface area (Å²) in [7, 11) is 0. The molecule has 0 saturated heterocycles. The van der Waals surface area contributed by atoms with Crippen LogP contribution in [0, 0.1) is 0 Å². The van der Waals surface area contributed by atoms with Crippen LogP contribution in [0.15, 0.2) is 6.33 Å². The van der Waals surface area contributed by atoms with Crippen molar-refractivity contribution in [2.75, 3.05) is 17.2 Å². The van der Waals surface area contributed by atoms with Crippen molar-refractivity contribution in [3.8, 4) is 0 Å². The second kappa shape index (κ2) is 8.85. The average Bonchev–Trinajstić information content (AvgIpc) is 2.53. The fourth-order valence-electron chi connectivity index (χ4n) is 2.67. The van der Waals surface area contributed by atoms with Crippen molar-refractivity contribution < 1.29 is 0 Å². The summed E-state index contributed by atoms with van der Waals surface area (Å²) in [5.41, 5.74) is 1.37. The van der Waals surface area contributed by atoms with Crippen molar-refractivity contribution in [3.63, 3.8) is 0 Å². The van der Waals surface area contributed by atoms with Gasteiger partial charge in [0.25, 0.3) is 0 Å². The number of rotatable bonds is 10. The van der Waals surface area contributed by atoms with Gasteiger partial charge in [-0.15, -0.1) is 0 Å². The van der Waals surface area contributed by atoms with Crippen LogP contribution >= 0.6 is 0 Å². The lowest BCUT2D eigenvalue weighted by Crippen LogP contribution is -2.37. The van der Waals surface area contributed by atoms with Crippen molar-refractivity contribution in [2.24, 2.45) is 0 Å². The number of hydrogen-bond donors (Lipinski definition) is 2. The fraction of sp³-hybridized carbons (Fsp3) is 0.765. The van der Waals surface area contributed by atoms with Gasteiger partial charge in [0.1, 0.15) is 18.0 Å². The Morgan fingerprint density at radius 3 is 2.05 bits per heavy atom. The summed E-state index contributed by atoms with van der Waals surface area (Å²) in [6.45, 7) is 12.1. The molecule has 1 aromatic rings. The highest BCUT2D eigenvalue weighted by Gasteiger charge is 2.25. The van der Waals surface area contributed by atoms with Gasteiger partial charge in [0, 0.05) is 17.6 Å². The van der Waals surface area contributed by atoms with Crippen LogP contribution in [-0.4, -0.2) is 22.1 Å². The van der Waals surface area contributed by atoms with E-state index in [2.05, 4.69) is 55.2 Å². The number of aromatic nitrogens is 2. The van der Waals surface area contributed by atoms with E-state index in [0.717, 1.165) is 56.7 Å². The minimum atomic E-state index is 0.138. The van der Waals surface area contributed by atoms with Crippen molar-refractivity contribution in [3.05, 3.63) is 11.9 Å². The molecule has 1 heterocycles. The molecule has 120 valence electrons. The van der Waals surface area contributed by atoms with Gasteiger partial charge in [-0.2, -0.15) is 0 Å². The van der Waals surface area contributed by atoms with E-state index in [0.29, 0.717) is 0 Å². The molecule has 1 rings (SSSR count). The van der Waals surface area contributed by atoms with Crippen LogP contribution in [0.25, 0.3) is 0 Å². The van der Waals surface area contributed by atoms with Crippen LogP contribution < -0.4 is 10.6 Å². The Kier molecular flexibility index (Phi) is 7.48. The Morgan fingerprint density at radius 1 is 0.905 bits per heavy atom. The molecular formula is C17H32N4. The van der Waals surface area contributed by atoms with Crippen LogP contribution in [0.3, 0.4) is 0 Å². The summed E-state index contributed by atoms with van der Waals surface area (Å²) >= 11 is 0. The summed E-state index contributed by atoms with van der Waals surface area (Å²) in [4.78, 5) is 8.97. The lowest BCUT2D eigenvalue weighted by molar-refractivity contribution is 0.418. The Morgan fingerprint density at radius 2 is 1.52 bits per heavy atom. The predicted molar refractivity (Wildman–Crippen MR) is 92.0 cm³/mol. The first-order chi connectivity index (χ1) is 10.2. The Bertz CT molecular complexity index is 405. The van der Waals surface area contributed by atoms with Gasteiger partial charge in [0.15, 0.2) is 0 Å². The summed E-state index contributed by atoms with van der Waals surface area (Å²) in [5, 5.41) is 7.16. The largest absolute Gasteiger partial charge is 0.370 e. The number of hydrogen-bond acceptors (Lipinski definition) is 4. The van der Waals surface area contributed by atoms with E-state index < -0.39 is 0 Å². The van der Waals surface area contributed by atoms with Gasteiger partial charge in [0.2, 0.25) is 0 Å². The third kappa shape index (κ3) is 4.58. The van der Waals surface area contributed by atoms with E-state index in [4.69, 9.17) is 0 Å². The summed E-state index contributed by atoms with van der Waals surface area (Å²) < 4.78 is 0. The molecular weight excluding hydrogens is 260 g/mol. The number of nitrogens with zero attached hydrogens (tertiary/aromatic N) is 2. The third-order valence-electron chi connectivity index (χ3n) is 4.40. The number of anilines is 2. The van der Waals surface area contributed by atoms with Gasteiger partial charge in [-0.05, 0) is 32.1 Å². The quantitative estimate of drug-likeness (QED) is 0.660. The molecule has 4 heteroatoms. The van der Waals surface area contributed by atoms with Crippen molar-refractivity contribution in [1.82, 2.24) is 9.97 Å². The molecule has 1 aromatic heterocycles. The van der Waals surface area contributed by atoms with Crippen molar-refractivity contribution in [2.45, 2.75) is 78.7 Å². The Labute approximate surface area is 130 Å². The Hall–Kier alpha value is -1.32. The molecule has 0 aliphatic carbocycles. The molecule has 4 nitrogen and oxygen atoms in total. The van der Waals surface area contributed by atoms with Crippen molar-refractivity contribution in [1.29, 1.82) is 0 Å². The highest BCUT2D eigenvalue weighted by atomic mass is 15.1. The van der Waals surface area contributed by atoms with Crippen LogP contribution in [0.4, 0.5) is 11.6 Å². The van der Waals surface area contributed by atoms with E-state index in [1.165, 1.54) is 5.56 Å². The molecule has 0 saturated carbocycles. The van der Waals surface area contributed by atoms with Gasteiger partial charge in [-0.3, -0.25) is 0 Å². The zero-order valence-corrected chi connectivity index (χ0v) is 14.4. The molecule has 0 unspecified atom stereocenters. The second-order valence-corrected chi connectivity index (χ2v) is 5.69. The van der Waals surface area contributed by atoms with Gasteiger partial charge >= 0.3 is 0 Å². The highest BCUT2D eigenvalue weighted by Crippen LogP contribution is 2.29. The van der Waals surface area contributed by atoms with Crippen LogP contribution in [0.2, 0.25) is 0 Å². The highest BCUT2D eigenvalue weighted by molar-refractivity contribution is 5.58. The SMILES string of the molecule is CCCNc1ncnc(NC(CC)(CC)CC)c1CCC. The van der Waals surface area contributed by atoms with Crippen LogP contribution in [0.5, 0.6) is 0 Å². The van der Waals surface area contributed by atoms with Gasteiger partial charge < -0.3 is 10.6 Å². The van der Waals surface area contributed by atoms with E-state index >= 15 is 0 Å². The molecule has 0 atom stereocenters. The van der Waals surface area contributed by atoms with E-state index in [9.17, 15) is 0 Å². The molecule has 0 aliphatic heterocycles. The second-order valence-electron chi connectivity index (χ2n) is 5.69. The molecule has 0 aliphatic rings. The maximum Gasteiger partial charge on any atom is 0.135 e. The smallest absolute Gasteiger partial charge is 0.135 e. The summed E-state index contributed by atoms with van der Waals surface area (Å²) in [6.07, 6.45) is 8.18. The molecule has 0 radical (unpaired) electrons. The first-order valence-electron chi connectivity index (χ1n) is 8.52. The van der Waals surface area contributed by atoms with Crippen molar-refractivity contribution >= 4 is 11.6 Å². The van der Waals surface area contributed by atoms with Gasteiger partial charge in [0.05, 0.1) is 0 Å². The van der Waals surface area contributed by atoms with Crippen LogP contribution in [-0.2, 0) is 6.42 Å². The maximum absolute atomic E-state index is 4.53. The summed E-state index contributed by atoms with van der Waals surface area (Å²) in [6, 6.07) is 0. The van der Waals surface area contributed by atoms with E-state index in [1.54, 1.807) is 6.33 Å². The molecule has 0 bridgehead atoms. The molecule has 2 N–H and O–H groups in total.